The van der Waals surface area contributed by atoms with Crippen molar-refractivity contribution in [3.8, 4) is 0 Å². The van der Waals surface area contributed by atoms with Gasteiger partial charge in [-0.05, 0) is 6.08 Å². The van der Waals surface area contributed by atoms with Crippen molar-refractivity contribution in [2.24, 2.45) is 10.9 Å². The second-order valence-electron chi connectivity index (χ2n) is 3.96. The molecule has 1 atom stereocenters. The fraction of sp³-hybridized carbons (Fsp3) is 0.231. The van der Waals surface area contributed by atoms with Gasteiger partial charge < -0.3 is 10.1 Å². The molecule has 0 saturated heterocycles. The van der Waals surface area contributed by atoms with Gasteiger partial charge in [-0.1, -0.05) is 18.2 Å². The first-order chi connectivity index (χ1) is 9.11. The topological polar surface area (TPSA) is 84.8 Å². The summed E-state index contributed by atoms with van der Waals surface area (Å²) < 4.78 is 4.43. The van der Waals surface area contributed by atoms with Crippen LogP contribution in [0.5, 0.6) is 0 Å². The lowest BCUT2D eigenvalue weighted by Crippen LogP contribution is -2.36. The zero-order valence-corrected chi connectivity index (χ0v) is 10.3. The number of esters is 1. The number of dihydropyridines is 1. The number of nitrogens with one attached hydrogen (secondary N) is 1. The van der Waals surface area contributed by atoms with E-state index in [-0.39, 0.29) is 18.0 Å². The molecule has 0 fully saturated rings. The van der Waals surface area contributed by atoms with Gasteiger partial charge in [-0.2, -0.15) is 0 Å². The molecule has 0 aromatic heterocycles. The molecule has 2 amide bonds. The summed E-state index contributed by atoms with van der Waals surface area (Å²) in [7, 11) is 1.23. The molecule has 6 nitrogen and oxygen atoms in total. The van der Waals surface area contributed by atoms with Crippen LogP contribution in [0.25, 0.3) is 0 Å². The molecule has 0 saturated carbocycles. The highest BCUT2D eigenvalue weighted by atomic mass is 16.5. The molecular weight excluding hydrogens is 248 g/mol. The van der Waals surface area contributed by atoms with E-state index >= 15 is 0 Å². The van der Waals surface area contributed by atoms with Gasteiger partial charge in [-0.3, -0.25) is 14.4 Å². The summed E-state index contributed by atoms with van der Waals surface area (Å²) in [6, 6.07) is 0. The fourth-order valence-electron chi connectivity index (χ4n) is 1.82. The minimum Gasteiger partial charge on any atom is -0.468 e. The Balaban J connectivity index is 2.13. The molecule has 0 radical (unpaired) electrons. The second kappa shape index (κ2) is 5.43. The number of ether oxygens (including phenoxy) is 1. The largest absolute Gasteiger partial charge is 0.468 e. The van der Waals surface area contributed by atoms with Crippen molar-refractivity contribution in [3.05, 3.63) is 36.0 Å². The quantitative estimate of drug-likeness (QED) is 0.719. The molecule has 1 N–H and O–H groups in total. The number of amides is 2. The van der Waals surface area contributed by atoms with E-state index in [2.05, 4.69) is 15.0 Å². The van der Waals surface area contributed by atoms with Crippen LogP contribution in [0.3, 0.4) is 0 Å². The first-order valence-electron chi connectivity index (χ1n) is 5.66. The fourth-order valence-corrected chi connectivity index (χ4v) is 1.82. The second-order valence-corrected chi connectivity index (χ2v) is 3.96. The molecule has 6 heteroatoms. The molecule has 2 rings (SSSR count). The SMILES string of the molecule is COC(=O)CNC(=O)C1=CC(=O)N=C2C=CC=CC12. The number of allylic oxidation sites excluding steroid dienone is 4. The Hall–Kier alpha value is -2.50. The van der Waals surface area contributed by atoms with Gasteiger partial charge in [0.25, 0.3) is 5.91 Å². The summed E-state index contributed by atoms with van der Waals surface area (Å²) >= 11 is 0. The number of nitrogens with zero attached hydrogens (tertiary/aromatic N) is 1. The third-order valence-electron chi connectivity index (χ3n) is 2.74. The van der Waals surface area contributed by atoms with E-state index in [0.717, 1.165) is 0 Å². The van der Waals surface area contributed by atoms with Crippen LogP contribution in [0.1, 0.15) is 0 Å². The van der Waals surface area contributed by atoms with E-state index in [4.69, 9.17) is 0 Å². The van der Waals surface area contributed by atoms with Gasteiger partial charge in [0, 0.05) is 11.6 Å². The molecular formula is C13H12N2O4. The number of hydrogen-bond donors (Lipinski definition) is 1. The maximum Gasteiger partial charge on any atom is 0.325 e. The summed E-state index contributed by atoms with van der Waals surface area (Å²) in [6.45, 7) is -0.236. The van der Waals surface area contributed by atoms with Crippen molar-refractivity contribution in [1.29, 1.82) is 0 Å². The van der Waals surface area contributed by atoms with Crippen molar-refractivity contribution in [2.45, 2.75) is 0 Å². The van der Waals surface area contributed by atoms with Crippen molar-refractivity contribution < 1.29 is 19.1 Å². The third-order valence-corrected chi connectivity index (χ3v) is 2.74. The van der Waals surface area contributed by atoms with Crippen LogP contribution in [0.2, 0.25) is 0 Å². The van der Waals surface area contributed by atoms with Gasteiger partial charge in [-0.15, -0.1) is 0 Å². The highest BCUT2D eigenvalue weighted by Gasteiger charge is 2.28. The molecule has 0 spiro atoms. The maximum atomic E-state index is 12.0. The van der Waals surface area contributed by atoms with Gasteiger partial charge in [-0.25, -0.2) is 4.99 Å². The summed E-state index contributed by atoms with van der Waals surface area (Å²) in [5.74, 6) is -1.85. The highest BCUT2D eigenvalue weighted by Crippen LogP contribution is 2.23. The van der Waals surface area contributed by atoms with Crippen LogP contribution in [0, 0.1) is 5.92 Å². The number of aliphatic imine (C=N–C) groups is 1. The summed E-state index contributed by atoms with van der Waals surface area (Å²) in [5, 5.41) is 2.41. The van der Waals surface area contributed by atoms with Gasteiger partial charge in [0.05, 0.1) is 18.7 Å². The molecule has 2 aliphatic rings. The molecule has 0 aromatic carbocycles. The van der Waals surface area contributed by atoms with Gasteiger partial charge in [0.15, 0.2) is 0 Å². The normalized spacial score (nSPS) is 20.3. The molecule has 1 heterocycles. The molecule has 19 heavy (non-hydrogen) atoms. The van der Waals surface area contributed by atoms with Crippen LogP contribution in [0.15, 0.2) is 40.9 Å². The highest BCUT2D eigenvalue weighted by molar-refractivity contribution is 6.18. The Labute approximate surface area is 109 Å². The number of rotatable bonds is 3. The van der Waals surface area contributed by atoms with Crippen LogP contribution in [-0.2, 0) is 19.1 Å². The molecule has 1 unspecified atom stereocenters. The Morgan fingerprint density at radius 2 is 2.21 bits per heavy atom. The monoisotopic (exact) mass is 260 g/mol. The molecule has 0 bridgehead atoms. The molecule has 1 aliphatic heterocycles. The van der Waals surface area contributed by atoms with Gasteiger partial charge >= 0.3 is 5.97 Å². The van der Waals surface area contributed by atoms with Crippen LogP contribution < -0.4 is 5.32 Å². The first-order valence-corrected chi connectivity index (χ1v) is 5.66. The maximum absolute atomic E-state index is 12.0. The Morgan fingerprint density at radius 3 is 2.95 bits per heavy atom. The van der Waals surface area contributed by atoms with E-state index < -0.39 is 17.8 Å². The van der Waals surface area contributed by atoms with Crippen LogP contribution >= 0.6 is 0 Å². The van der Waals surface area contributed by atoms with Crippen molar-refractivity contribution in [1.82, 2.24) is 5.32 Å². The van der Waals surface area contributed by atoms with Crippen LogP contribution in [-0.4, -0.2) is 37.1 Å². The number of carbonyl (C=O) groups excluding carboxylic acids is 3. The average molecular weight is 260 g/mol. The molecule has 1 aliphatic carbocycles. The number of hydrogen-bond acceptors (Lipinski definition) is 4. The van der Waals surface area contributed by atoms with Gasteiger partial charge in [0.1, 0.15) is 6.54 Å². The number of carbonyl (C=O) groups is 3. The van der Waals surface area contributed by atoms with E-state index in [1.807, 2.05) is 0 Å². The van der Waals surface area contributed by atoms with Crippen molar-refractivity contribution >= 4 is 23.5 Å². The zero-order valence-electron chi connectivity index (χ0n) is 10.3. The first kappa shape index (κ1) is 12.9. The van der Waals surface area contributed by atoms with Crippen molar-refractivity contribution in [3.63, 3.8) is 0 Å². The van der Waals surface area contributed by atoms with Crippen LogP contribution in [0.4, 0.5) is 0 Å². The Morgan fingerprint density at radius 1 is 1.42 bits per heavy atom. The number of fused-ring (bicyclic) bond motifs is 1. The summed E-state index contributed by atoms with van der Waals surface area (Å²) in [6.07, 6.45) is 8.17. The Bertz CT molecular complexity index is 555. The van der Waals surface area contributed by atoms with E-state index in [1.54, 1.807) is 24.3 Å². The predicted octanol–water partition coefficient (Wildman–Crippen LogP) is -0.0746. The van der Waals surface area contributed by atoms with E-state index in [1.165, 1.54) is 13.2 Å². The summed E-state index contributed by atoms with van der Waals surface area (Å²) in [5.41, 5.74) is 0.803. The average Bonchev–Trinajstić information content (AvgIpc) is 2.43. The zero-order chi connectivity index (χ0) is 13.8. The molecule has 0 aromatic rings. The summed E-state index contributed by atoms with van der Waals surface area (Å²) in [4.78, 5) is 38.2. The molecule has 98 valence electrons. The van der Waals surface area contributed by atoms with E-state index in [9.17, 15) is 14.4 Å². The predicted molar refractivity (Wildman–Crippen MR) is 67.3 cm³/mol. The minimum atomic E-state index is -0.552. The minimum absolute atomic E-state index is 0.236. The standard InChI is InChI=1S/C13H12N2O4/c1-19-12(17)7-14-13(18)9-6-11(16)15-10-5-3-2-4-8(9)10/h2-6,8H,7H2,1H3,(H,14,18). The van der Waals surface area contributed by atoms with E-state index in [0.29, 0.717) is 5.71 Å². The lowest BCUT2D eigenvalue weighted by atomic mass is 9.87. The lowest BCUT2D eigenvalue weighted by Gasteiger charge is -2.21. The number of methoxy groups -OCH3 is 1. The smallest absolute Gasteiger partial charge is 0.325 e. The third kappa shape index (κ3) is 2.85. The van der Waals surface area contributed by atoms with Crippen molar-refractivity contribution in [2.75, 3.05) is 13.7 Å². The lowest BCUT2D eigenvalue weighted by molar-refractivity contribution is -0.140. The van der Waals surface area contributed by atoms with Gasteiger partial charge in [0.2, 0.25) is 5.91 Å². The Kier molecular flexibility index (Phi) is 3.70.